The smallest absolute Gasteiger partial charge is 0.241 e. The van der Waals surface area contributed by atoms with Crippen LogP contribution in [0.5, 0.6) is 0 Å². The molecule has 0 aromatic heterocycles. The summed E-state index contributed by atoms with van der Waals surface area (Å²) in [7, 11) is -1.42. The zero-order valence-electron chi connectivity index (χ0n) is 12.4. The lowest BCUT2D eigenvalue weighted by molar-refractivity contribution is 0.407. The molecule has 2 heteroatoms. The third-order valence-corrected chi connectivity index (χ3v) is 4.31. The van der Waals surface area contributed by atoms with Crippen molar-refractivity contribution in [1.29, 1.82) is 0 Å². The molecule has 0 saturated heterocycles. The van der Waals surface area contributed by atoms with E-state index in [9.17, 15) is 0 Å². The van der Waals surface area contributed by atoms with Crippen molar-refractivity contribution in [3.05, 3.63) is 23.0 Å². The summed E-state index contributed by atoms with van der Waals surface area (Å²) in [6, 6.07) is 0. The van der Waals surface area contributed by atoms with Gasteiger partial charge in [-0.05, 0) is 51.9 Å². The summed E-state index contributed by atoms with van der Waals surface area (Å²) in [6.07, 6.45) is 7.13. The van der Waals surface area contributed by atoms with Crippen LogP contribution >= 0.6 is 0 Å². The van der Waals surface area contributed by atoms with Crippen LogP contribution in [0.2, 0.25) is 19.6 Å². The second-order valence-electron chi connectivity index (χ2n) is 6.01. The van der Waals surface area contributed by atoms with Crippen LogP contribution in [0.25, 0.3) is 0 Å². The minimum Gasteiger partial charge on any atom is -0.548 e. The van der Waals surface area contributed by atoms with Gasteiger partial charge in [0.15, 0.2) is 0 Å². The average molecular weight is 252 g/mol. The van der Waals surface area contributed by atoms with Crippen LogP contribution in [0.4, 0.5) is 0 Å². The second-order valence-corrected chi connectivity index (χ2v) is 10.4. The van der Waals surface area contributed by atoms with Gasteiger partial charge in [0.05, 0.1) is 5.76 Å². The van der Waals surface area contributed by atoms with Gasteiger partial charge in [-0.3, -0.25) is 0 Å². The van der Waals surface area contributed by atoms with Gasteiger partial charge >= 0.3 is 0 Å². The van der Waals surface area contributed by atoms with Crippen molar-refractivity contribution >= 4 is 8.32 Å². The summed E-state index contributed by atoms with van der Waals surface area (Å²) in [5, 5.41) is 0. The van der Waals surface area contributed by atoms with Gasteiger partial charge in [-0.15, -0.1) is 0 Å². The van der Waals surface area contributed by atoms with Crippen LogP contribution in [0.15, 0.2) is 23.0 Å². The molecule has 0 aliphatic heterocycles. The van der Waals surface area contributed by atoms with Gasteiger partial charge in [0.2, 0.25) is 8.32 Å². The van der Waals surface area contributed by atoms with E-state index < -0.39 is 8.32 Å². The molecule has 0 saturated carbocycles. The molecule has 0 radical (unpaired) electrons. The fraction of sp³-hybridized carbons (Fsp3) is 0.733. The van der Waals surface area contributed by atoms with Gasteiger partial charge < -0.3 is 4.43 Å². The molecular formula is C15H28OSi. The van der Waals surface area contributed by atoms with E-state index in [1.54, 1.807) is 11.1 Å². The lowest BCUT2D eigenvalue weighted by Gasteiger charge is -2.19. The molecule has 0 amide bonds. The van der Waals surface area contributed by atoms with Gasteiger partial charge in [-0.2, -0.15) is 0 Å². The van der Waals surface area contributed by atoms with Crippen molar-refractivity contribution in [2.75, 3.05) is 0 Å². The monoisotopic (exact) mass is 252 g/mol. The molecule has 0 heterocycles. The Morgan fingerprint density at radius 1 is 1.29 bits per heavy atom. The third-order valence-electron chi connectivity index (χ3n) is 3.43. The van der Waals surface area contributed by atoms with Crippen molar-refractivity contribution in [2.45, 2.75) is 66.1 Å². The lowest BCUT2D eigenvalue weighted by atomic mass is 9.91. The van der Waals surface area contributed by atoms with E-state index in [4.69, 9.17) is 4.43 Å². The zero-order chi connectivity index (χ0) is 13.1. The van der Waals surface area contributed by atoms with E-state index in [1.807, 2.05) is 0 Å². The summed E-state index contributed by atoms with van der Waals surface area (Å²) in [5.74, 6) is 1.90. The normalized spacial score (nSPS) is 22.2. The highest BCUT2D eigenvalue weighted by Gasteiger charge is 2.24. The molecule has 98 valence electrons. The van der Waals surface area contributed by atoms with E-state index in [2.05, 4.69) is 46.5 Å². The van der Waals surface area contributed by atoms with Crippen molar-refractivity contribution in [2.24, 2.45) is 5.92 Å². The number of rotatable bonds is 5. The Bertz CT molecular complexity index is 320. The Morgan fingerprint density at radius 2 is 1.94 bits per heavy atom. The van der Waals surface area contributed by atoms with Gasteiger partial charge in [-0.1, -0.05) is 25.0 Å². The summed E-state index contributed by atoms with van der Waals surface area (Å²) in [5.41, 5.74) is 3.21. The van der Waals surface area contributed by atoms with E-state index in [1.165, 1.54) is 25.0 Å². The maximum Gasteiger partial charge on any atom is 0.241 e. The molecule has 1 nitrogen and oxygen atoms in total. The van der Waals surface area contributed by atoms with Crippen LogP contribution in [0, 0.1) is 5.92 Å². The molecule has 0 fully saturated rings. The molecular weight excluding hydrogens is 224 g/mol. The Labute approximate surface area is 108 Å². The Balaban J connectivity index is 2.77. The van der Waals surface area contributed by atoms with Crippen molar-refractivity contribution in [1.82, 2.24) is 0 Å². The Hall–Kier alpha value is -0.503. The summed E-state index contributed by atoms with van der Waals surface area (Å²) in [4.78, 5) is 0. The summed E-state index contributed by atoms with van der Waals surface area (Å²) < 4.78 is 6.11. The largest absolute Gasteiger partial charge is 0.548 e. The van der Waals surface area contributed by atoms with Gasteiger partial charge in [-0.25, -0.2) is 0 Å². The quantitative estimate of drug-likeness (QED) is 0.478. The van der Waals surface area contributed by atoms with Crippen LogP contribution in [-0.2, 0) is 4.43 Å². The fourth-order valence-corrected chi connectivity index (χ4v) is 3.51. The van der Waals surface area contributed by atoms with Gasteiger partial charge in [0.25, 0.3) is 0 Å². The molecule has 1 atom stereocenters. The summed E-state index contributed by atoms with van der Waals surface area (Å²) in [6.45, 7) is 13.6. The molecule has 0 spiro atoms. The number of hydrogen-bond donors (Lipinski definition) is 0. The highest BCUT2D eigenvalue weighted by Crippen LogP contribution is 2.35. The van der Waals surface area contributed by atoms with Crippen molar-refractivity contribution in [3.63, 3.8) is 0 Å². The maximum absolute atomic E-state index is 6.11. The number of hydrogen-bond acceptors (Lipinski definition) is 1. The third kappa shape index (κ3) is 4.34. The first kappa shape index (κ1) is 14.6. The Kier molecular flexibility index (Phi) is 5.05. The minimum atomic E-state index is -1.42. The first-order valence-electron chi connectivity index (χ1n) is 6.95. The average Bonchev–Trinajstić information content (AvgIpc) is 2.64. The molecule has 1 rings (SSSR count). The van der Waals surface area contributed by atoms with E-state index >= 15 is 0 Å². The first-order chi connectivity index (χ1) is 7.87. The predicted octanol–water partition coefficient (Wildman–Crippen LogP) is 5.27. The second kappa shape index (κ2) is 5.90. The topological polar surface area (TPSA) is 9.23 Å². The Morgan fingerprint density at radius 3 is 2.41 bits per heavy atom. The molecule has 0 aromatic rings. The summed E-state index contributed by atoms with van der Waals surface area (Å²) >= 11 is 0. The molecule has 1 aliphatic rings. The van der Waals surface area contributed by atoms with Crippen molar-refractivity contribution in [3.8, 4) is 0 Å². The van der Waals surface area contributed by atoms with Crippen molar-refractivity contribution < 1.29 is 4.43 Å². The highest BCUT2D eigenvalue weighted by atomic mass is 28.4. The maximum atomic E-state index is 6.11. The SMILES string of the molecule is CC/C(C)=C(\CC)[C@@H]1C=C(O[Si](C)(C)C)CC1. The van der Waals surface area contributed by atoms with E-state index in [0.29, 0.717) is 5.92 Å². The predicted molar refractivity (Wildman–Crippen MR) is 78.5 cm³/mol. The van der Waals surface area contributed by atoms with Crippen LogP contribution in [0.3, 0.4) is 0 Å². The molecule has 1 aliphatic carbocycles. The molecule has 0 bridgehead atoms. The first-order valence-corrected chi connectivity index (χ1v) is 10.4. The highest BCUT2D eigenvalue weighted by molar-refractivity contribution is 6.70. The molecule has 0 aromatic carbocycles. The number of allylic oxidation sites excluding steroid dienone is 4. The van der Waals surface area contributed by atoms with Crippen LogP contribution in [-0.4, -0.2) is 8.32 Å². The fourth-order valence-electron chi connectivity index (χ4n) is 2.55. The molecule has 0 unspecified atom stereocenters. The van der Waals surface area contributed by atoms with E-state index in [0.717, 1.165) is 6.42 Å². The lowest BCUT2D eigenvalue weighted by Crippen LogP contribution is -2.24. The van der Waals surface area contributed by atoms with Crippen LogP contribution < -0.4 is 0 Å². The van der Waals surface area contributed by atoms with E-state index in [-0.39, 0.29) is 0 Å². The molecule has 17 heavy (non-hydrogen) atoms. The molecule has 0 N–H and O–H groups in total. The standard InChI is InChI=1S/C15H28OSi/c1-7-12(3)15(8-2)13-9-10-14(11-13)16-17(4,5)6/h11,13H,7-10H2,1-6H3/b15-12+/t13-/m0/s1. The minimum absolute atomic E-state index is 0.645. The zero-order valence-corrected chi connectivity index (χ0v) is 13.4. The van der Waals surface area contributed by atoms with Gasteiger partial charge in [0.1, 0.15) is 0 Å². The van der Waals surface area contributed by atoms with Gasteiger partial charge in [0, 0.05) is 12.3 Å². The van der Waals surface area contributed by atoms with Crippen LogP contribution in [0.1, 0.15) is 46.5 Å².